The maximum atomic E-state index is 13.4. The van der Waals surface area contributed by atoms with E-state index in [1.165, 1.54) is 0 Å². The number of ketones is 1. The SMILES string of the molecule is CN(C)N1C(N)=C(C#N)C(c2cccc3ccccc23)C2=C1CC(C)(C)CC2=O. The molecule has 29 heavy (non-hydrogen) atoms. The molecule has 0 amide bonds. The lowest BCUT2D eigenvalue weighted by atomic mass is 9.68. The van der Waals surface area contributed by atoms with Gasteiger partial charge in [-0.25, -0.2) is 5.01 Å². The lowest BCUT2D eigenvalue weighted by Gasteiger charge is -2.45. The molecule has 2 aromatic rings. The first kappa shape index (κ1) is 19.2. The highest BCUT2D eigenvalue weighted by Crippen LogP contribution is 2.50. The minimum atomic E-state index is -0.444. The fraction of sp³-hybridized carbons (Fsp3) is 0.333. The summed E-state index contributed by atoms with van der Waals surface area (Å²) in [5.74, 6) is 0.0573. The van der Waals surface area contributed by atoms with Crippen molar-refractivity contribution in [3.63, 3.8) is 0 Å². The van der Waals surface area contributed by atoms with Crippen molar-refractivity contribution in [3.05, 3.63) is 70.7 Å². The molecule has 0 saturated carbocycles. The molecule has 1 aliphatic carbocycles. The van der Waals surface area contributed by atoms with Crippen LogP contribution in [0.2, 0.25) is 0 Å². The first-order valence-electron chi connectivity index (χ1n) is 9.86. The molecule has 1 atom stereocenters. The smallest absolute Gasteiger partial charge is 0.162 e. The lowest BCUT2D eigenvalue weighted by Crippen LogP contribution is -2.47. The summed E-state index contributed by atoms with van der Waals surface area (Å²) in [6.45, 7) is 4.21. The predicted molar refractivity (Wildman–Crippen MR) is 114 cm³/mol. The molecule has 0 aromatic heterocycles. The fourth-order valence-corrected chi connectivity index (χ4v) is 4.76. The lowest BCUT2D eigenvalue weighted by molar-refractivity contribution is -0.119. The summed E-state index contributed by atoms with van der Waals surface area (Å²) in [7, 11) is 3.77. The van der Waals surface area contributed by atoms with Crippen LogP contribution in [0.3, 0.4) is 0 Å². The van der Waals surface area contributed by atoms with Gasteiger partial charge in [0, 0.05) is 31.8 Å². The van der Waals surface area contributed by atoms with Gasteiger partial charge in [-0.15, -0.1) is 0 Å². The van der Waals surface area contributed by atoms with E-state index >= 15 is 0 Å². The van der Waals surface area contributed by atoms with Crippen molar-refractivity contribution in [1.82, 2.24) is 10.0 Å². The molecule has 5 nitrogen and oxygen atoms in total. The molecule has 0 saturated heterocycles. The van der Waals surface area contributed by atoms with E-state index in [9.17, 15) is 10.1 Å². The molecule has 0 bridgehead atoms. The molecule has 1 unspecified atom stereocenters. The summed E-state index contributed by atoms with van der Waals surface area (Å²) in [6, 6.07) is 16.5. The molecule has 1 heterocycles. The van der Waals surface area contributed by atoms with Crippen LogP contribution in [0.1, 0.15) is 38.2 Å². The quantitative estimate of drug-likeness (QED) is 0.843. The third-order valence-corrected chi connectivity index (χ3v) is 5.89. The molecule has 2 N–H and O–H groups in total. The van der Waals surface area contributed by atoms with Crippen LogP contribution in [0.4, 0.5) is 0 Å². The van der Waals surface area contributed by atoms with Crippen molar-refractivity contribution in [2.45, 2.75) is 32.6 Å². The van der Waals surface area contributed by atoms with Crippen molar-refractivity contribution < 1.29 is 4.79 Å². The third kappa shape index (κ3) is 3.01. The number of carbonyl (C=O) groups is 1. The molecular weight excluding hydrogens is 360 g/mol. The van der Waals surface area contributed by atoms with E-state index in [0.29, 0.717) is 23.4 Å². The van der Waals surface area contributed by atoms with Gasteiger partial charge < -0.3 is 5.73 Å². The molecule has 1 aliphatic heterocycles. The van der Waals surface area contributed by atoms with E-state index in [1.54, 1.807) is 0 Å². The largest absolute Gasteiger partial charge is 0.383 e. The number of rotatable bonds is 2. The Balaban J connectivity index is 2.05. The highest BCUT2D eigenvalue weighted by Gasteiger charge is 2.45. The van der Waals surface area contributed by atoms with Gasteiger partial charge >= 0.3 is 0 Å². The van der Waals surface area contributed by atoms with E-state index in [2.05, 4.69) is 19.9 Å². The molecule has 0 spiro atoms. The third-order valence-electron chi connectivity index (χ3n) is 5.89. The van der Waals surface area contributed by atoms with Crippen molar-refractivity contribution in [2.24, 2.45) is 11.1 Å². The number of benzene rings is 2. The Kier molecular flexibility index (Phi) is 4.48. The van der Waals surface area contributed by atoms with E-state index in [1.807, 2.05) is 66.6 Å². The molecule has 148 valence electrons. The van der Waals surface area contributed by atoms with Crippen LogP contribution in [-0.4, -0.2) is 29.9 Å². The Morgan fingerprint density at radius 3 is 2.52 bits per heavy atom. The van der Waals surface area contributed by atoms with Gasteiger partial charge in [0.15, 0.2) is 5.78 Å². The van der Waals surface area contributed by atoms with Crippen LogP contribution in [0, 0.1) is 16.7 Å². The maximum Gasteiger partial charge on any atom is 0.162 e. The van der Waals surface area contributed by atoms with Crippen molar-refractivity contribution in [3.8, 4) is 6.07 Å². The van der Waals surface area contributed by atoms with Crippen LogP contribution < -0.4 is 5.73 Å². The topological polar surface area (TPSA) is 73.4 Å². The normalized spacial score (nSPS) is 21.6. The number of hydrogen-bond acceptors (Lipinski definition) is 5. The summed E-state index contributed by atoms with van der Waals surface area (Å²) < 4.78 is 0. The highest BCUT2D eigenvalue weighted by molar-refractivity contribution is 6.01. The second-order valence-corrected chi connectivity index (χ2v) is 8.87. The minimum Gasteiger partial charge on any atom is -0.383 e. The Morgan fingerprint density at radius 2 is 1.83 bits per heavy atom. The molecule has 2 aliphatic rings. The number of hydrogen-bond donors (Lipinski definition) is 1. The van der Waals surface area contributed by atoms with Gasteiger partial charge in [-0.3, -0.25) is 9.80 Å². The Morgan fingerprint density at radius 1 is 1.14 bits per heavy atom. The van der Waals surface area contributed by atoms with E-state index in [-0.39, 0.29) is 11.2 Å². The summed E-state index contributed by atoms with van der Waals surface area (Å²) in [4.78, 5) is 13.4. The monoisotopic (exact) mass is 386 g/mol. The Bertz CT molecular complexity index is 1110. The Labute approximate surface area is 171 Å². The zero-order valence-corrected chi connectivity index (χ0v) is 17.4. The van der Waals surface area contributed by atoms with Crippen LogP contribution in [0.15, 0.2) is 65.1 Å². The van der Waals surface area contributed by atoms with Gasteiger partial charge in [-0.1, -0.05) is 56.3 Å². The van der Waals surface area contributed by atoms with Crippen LogP contribution in [-0.2, 0) is 4.79 Å². The van der Waals surface area contributed by atoms with Crippen LogP contribution in [0.5, 0.6) is 0 Å². The van der Waals surface area contributed by atoms with Crippen molar-refractivity contribution >= 4 is 16.6 Å². The van der Waals surface area contributed by atoms with E-state index in [0.717, 1.165) is 28.5 Å². The number of carbonyl (C=O) groups excluding carboxylic acids is 1. The number of nitrogens with zero attached hydrogens (tertiary/aromatic N) is 3. The number of nitriles is 1. The van der Waals surface area contributed by atoms with E-state index in [4.69, 9.17) is 5.73 Å². The summed E-state index contributed by atoms with van der Waals surface area (Å²) in [5.41, 5.74) is 9.40. The number of Topliss-reactive ketones (excluding diaryl/α,β-unsaturated/α-hetero) is 1. The minimum absolute atomic E-state index is 0.0984. The first-order chi connectivity index (χ1) is 13.7. The van der Waals surface area contributed by atoms with E-state index < -0.39 is 5.92 Å². The molecule has 0 fully saturated rings. The fourth-order valence-electron chi connectivity index (χ4n) is 4.76. The number of nitrogens with two attached hydrogens (primary N) is 1. The van der Waals surface area contributed by atoms with Gasteiger partial charge in [0.1, 0.15) is 5.82 Å². The van der Waals surface area contributed by atoms with Crippen LogP contribution >= 0.6 is 0 Å². The standard InChI is InChI=1S/C24H26N4O/c1-24(2)12-19-22(20(29)13-24)21(18(14-25)23(26)28(19)27(3)4)17-11-7-9-15-8-5-6-10-16(15)17/h5-11,21H,12-13,26H2,1-4H3. The maximum absolute atomic E-state index is 13.4. The molecule has 4 rings (SSSR count). The average Bonchev–Trinajstić information content (AvgIpc) is 2.65. The van der Waals surface area contributed by atoms with Gasteiger partial charge in [-0.2, -0.15) is 5.26 Å². The van der Waals surface area contributed by atoms with Gasteiger partial charge in [0.05, 0.1) is 17.6 Å². The number of allylic oxidation sites excluding steroid dienone is 3. The average molecular weight is 386 g/mol. The molecule has 5 heteroatoms. The summed E-state index contributed by atoms with van der Waals surface area (Å²) in [6.07, 6.45) is 1.19. The Hall–Kier alpha value is -3.10. The van der Waals surface area contributed by atoms with Crippen molar-refractivity contribution in [1.29, 1.82) is 5.26 Å². The zero-order chi connectivity index (χ0) is 20.9. The molecule has 2 aromatic carbocycles. The second kappa shape index (κ2) is 6.75. The van der Waals surface area contributed by atoms with Crippen molar-refractivity contribution in [2.75, 3.05) is 14.1 Å². The molecule has 0 radical (unpaired) electrons. The number of fused-ring (bicyclic) bond motifs is 1. The summed E-state index contributed by atoms with van der Waals surface area (Å²) in [5, 5.41) is 15.9. The van der Waals surface area contributed by atoms with Gasteiger partial charge in [0.2, 0.25) is 0 Å². The zero-order valence-electron chi connectivity index (χ0n) is 17.4. The predicted octanol–water partition coefficient (Wildman–Crippen LogP) is 4.05. The number of hydrazine groups is 1. The summed E-state index contributed by atoms with van der Waals surface area (Å²) >= 11 is 0. The molecular formula is C24H26N4O. The first-order valence-corrected chi connectivity index (χ1v) is 9.86. The second-order valence-electron chi connectivity index (χ2n) is 8.87. The van der Waals surface area contributed by atoms with Gasteiger partial charge in [-0.05, 0) is 28.2 Å². The van der Waals surface area contributed by atoms with Crippen LogP contribution in [0.25, 0.3) is 10.8 Å². The van der Waals surface area contributed by atoms with Gasteiger partial charge in [0.25, 0.3) is 0 Å². The highest BCUT2D eigenvalue weighted by atomic mass is 16.1.